The summed E-state index contributed by atoms with van der Waals surface area (Å²) in [6, 6.07) is 1.82. The topological polar surface area (TPSA) is 56.6 Å². The van der Waals surface area contributed by atoms with Crippen molar-refractivity contribution >= 4 is 5.97 Å². The molecule has 2 aliphatic heterocycles. The van der Waals surface area contributed by atoms with Crippen molar-refractivity contribution in [2.75, 3.05) is 26.3 Å². The monoisotopic (exact) mass is 251 g/mol. The maximum Gasteiger partial charge on any atom is 0.323 e. The highest BCUT2D eigenvalue weighted by molar-refractivity contribution is 5.77. The molecule has 1 aromatic rings. The summed E-state index contributed by atoms with van der Waals surface area (Å²) in [6.07, 6.45) is 4.57. The third-order valence-electron chi connectivity index (χ3n) is 3.47. The van der Waals surface area contributed by atoms with Crippen LogP contribution in [0.5, 0.6) is 0 Å². The lowest BCUT2D eigenvalue weighted by atomic mass is 10.1. The molecule has 0 bridgehead atoms. The molecule has 3 heterocycles. The van der Waals surface area contributed by atoms with Crippen molar-refractivity contribution in [2.45, 2.75) is 25.1 Å². The highest BCUT2D eigenvalue weighted by Crippen LogP contribution is 2.18. The standard InChI is InChI=1S/C12H17N3O3/c16-12-11(2-6-18-12)14-5-7-17-10(8-14)9-15-4-1-3-13-15/h1,3-4,10-11H,2,5-9H2/t10-,11-/m1/s1. The molecule has 0 aliphatic carbocycles. The van der Waals surface area contributed by atoms with Gasteiger partial charge in [-0.2, -0.15) is 5.10 Å². The van der Waals surface area contributed by atoms with Crippen LogP contribution in [-0.4, -0.2) is 59.1 Å². The minimum absolute atomic E-state index is 0.0750. The third-order valence-corrected chi connectivity index (χ3v) is 3.47. The number of carbonyl (C=O) groups excluding carboxylic acids is 1. The number of carbonyl (C=O) groups is 1. The van der Waals surface area contributed by atoms with Crippen molar-refractivity contribution in [3.8, 4) is 0 Å². The van der Waals surface area contributed by atoms with Crippen LogP contribution < -0.4 is 0 Å². The molecule has 6 heteroatoms. The molecule has 1 aromatic heterocycles. The van der Waals surface area contributed by atoms with Gasteiger partial charge < -0.3 is 9.47 Å². The highest BCUT2D eigenvalue weighted by atomic mass is 16.5. The third kappa shape index (κ3) is 2.39. The Balaban J connectivity index is 1.59. The normalized spacial score (nSPS) is 29.4. The Morgan fingerprint density at radius 2 is 2.39 bits per heavy atom. The van der Waals surface area contributed by atoms with Crippen LogP contribution in [0.15, 0.2) is 18.5 Å². The predicted molar refractivity (Wildman–Crippen MR) is 62.9 cm³/mol. The molecule has 2 atom stereocenters. The first-order chi connectivity index (χ1) is 8.83. The fraction of sp³-hybridized carbons (Fsp3) is 0.667. The van der Waals surface area contributed by atoms with Gasteiger partial charge in [0.25, 0.3) is 0 Å². The number of nitrogens with zero attached hydrogens (tertiary/aromatic N) is 3. The fourth-order valence-corrected chi connectivity index (χ4v) is 2.57. The molecular weight excluding hydrogens is 234 g/mol. The summed E-state index contributed by atoms with van der Waals surface area (Å²) in [5.41, 5.74) is 0. The van der Waals surface area contributed by atoms with Crippen LogP contribution in [0.2, 0.25) is 0 Å². The minimum Gasteiger partial charge on any atom is -0.464 e. The van der Waals surface area contributed by atoms with E-state index in [0.717, 1.165) is 26.1 Å². The van der Waals surface area contributed by atoms with E-state index in [1.165, 1.54) is 0 Å². The van der Waals surface area contributed by atoms with Crippen molar-refractivity contribution in [3.63, 3.8) is 0 Å². The molecule has 98 valence electrons. The summed E-state index contributed by atoms with van der Waals surface area (Å²) in [5.74, 6) is -0.0882. The average molecular weight is 251 g/mol. The number of hydrogen-bond donors (Lipinski definition) is 0. The molecular formula is C12H17N3O3. The minimum atomic E-state index is -0.0882. The summed E-state index contributed by atoms with van der Waals surface area (Å²) in [5, 5.41) is 4.17. The van der Waals surface area contributed by atoms with Crippen LogP contribution in [0, 0.1) is 0 Å². The zero-order valence-corrected chi connectivity index (χ0v) is 10.2. The van der Waals surface area contributed by atoms with Crippen LogP contribution in [0.3, 0.4) is 0 Å². The van der Waals surface area contributed by atoms with Gasteiger partial charge >= 0.3 is 5.97 Å². The van der Waals surface area contributed by atoms with Crippen LogP contribution in [0.1, 0.15) is 6.42 Å². The molecule has 0 amide bonds. The summed E-state index contributed by atoms with van der Waals surface area (Å²) in [6.45, 7) is 3.50. The number of morpholine rings is 1. The van der Waals surface area contributed by atoms with E-state index in [4.69, 9.17) is 9.47 Å². The van der Waals surface area contributed by atoms with E-state index in [1.54, 1.807) is 6.20 Å². The van der Waals surface area contributed by atoms with E-state index in [2.05, 4.69) is 10.00 Å². The van der Waals surface area contributed by atoms with E-state index in [-0.39, 0.29) is 18.1 Å². The van der Waals surface area contributed by atoms with Crippen LogP contribution in [0.4, 0.5) is 0 Å². The molecule has 0 spiro atoms. The molecule has 0 unspecified atom stereocenters. The summed E-state index contributed by atoms with van der Waals surface area (Å²) in [4.78, 5) is 13.7. The SMILES string of the molecule is O=C1OCC[C@H]1N1CCO[C@@H](Cn2cccn2)C1. The Morgan fingerprint density at radius 3 is 3.11 bits per heavy atom. The summed E-state index contributed by atoms with van der Waals surface area (Å²) < 4.78 is 12.6. The van der Waals surface area contributed by atoms with Gasteiger partial charge in [-0.05, 0) is 6.07 Å². The molecule has 0 saturated carbocycles. The number of esters is 1. The van der Waals surface area contributed by atoms with Gasteiger partial charge in [-0.1, -0.05) is 0 Å². The van der Waals surface area contributed by atoms with Gasteiger partial charge in [0, 0.05) is 31.9 Å². The zero-order valence-electron chi connectivity index (χ0n) is 10.2. The van der Waals surface area contributed by atoms with E-state index in [9.17, 15) is 4.79 Å². The first-order valence-corrected chi connectivity index (χ1v) is 6.32. The van der Waals surface area contributed by atoms with Crippen molar-refractivity contribution in [1.82, 2.24) is 14.7 Å². The largest absolute Gasteiger partial charge is 0.464 e. The summed E-state index contributed by atoms with van der Waals surface area (Å²) >= 11 is 0. The quantitative estimate of drug-likeness (QED) is 0.702. The summed E-state index contributed by atoms with van der Waals surface area (Å²) in [7, 11) is 0. The van der Waals surface area contributed by atoms with Gasteiger partial charge in [0.05, 0.1) is 25.9 Å². The lowest BCUT2D eigenvalue weighted by molar-refractivity contribution is -0.144. The Labute approximate surface area is 105 Å². The Bertz CT molecular complexity index is 407. The number of aromatic nitrogens is 2. The van der Waals surface area contributed by atoms with E-state index in [1.807, 2.05) is 16.9 Å². The first kappa shape index (κ1) is 11.7. The van der Waals surface area contributed by atoms with Gasteiger partial charge in [0.1, 0.15) is 6.04 Å². The molecule has 2 saturated heterocycles. The average Bonchev–Trinajstić information content (AvgIpc) is 3.01. The van der Waals surface area contributed by atoms with Crippen LogP contribution in [0.25, 0.3) is 0 Å². The Kier molecular flexibility index (Phi) is 3.29. The van der Waals surface area contributed by atoms with Gasteiger partial charge in [-0.3, -0.25) is 14.4 Å². The molecule has 2 aliphatic rings. The second-order valence-corrected chi connectivity index (χ2v) is 4.69. The smallest absolute Gasteiger partial charge is 0.323 e. The highest BCUT2D eigenvalue weighted by Gasteiger charge is 2.35. The van der Waals surface area contributed by atoms with E-state index < -0.39 is 0 Å². The number of ether oxygens (including phenoxy) is 2. The van der Waals surface area contributed by atoms with Gasteiger partial charge in [-0.15, -0.1) is 0 Å². The van der Waals surface area contributed by atoms with Crippen molar-refractivity contribution in [2.24, 2.45) is 0 Å². The van der Waals surface area contributed by atoms with Gasteiger partial charge in [0.2, 0.25) is 0 Å². The predicted octanol–water partition coefficient (Wildman–Crippen LogP) is -0.101. The number of hydrogen-bond acceptors (Lipinski definition) is 5. The molecule has 0 radical (unpaired) electrons. The maximum absolute atomic E-state index is 11.6. The van der Waals surface area contributed by atoms with E-state index in [0.29, 0.717) is 13.2 Å². The maximum atomic E-state index is 11.6. The molecule has 0 aromatic carbocycles. The first-order valence-electron chi connectivity index (χ1n) is 6.32. The molecule has 18 heavy (non-hydrogen) atoms. The number of rotatable bonds is 3. The lowest BCUT2D eigenvalue weighted by Crippen LogP contribution is -2.50. The molecule has 6 nitrogen and oxygen atoms in total. The number of cyclic esters (lactones) is 1. The van der Waals surface area contributed by atoms with Crippen LogP contribution >= 0.6 is 0 Å². The van der Waals surface area contributed by atoms with Crippen molar-refractivity contribution in [1.29, 1.82) is 0 Å². The zero-order chi connectivity index (χ0) is 12.4. The Morgan fingerprint density at radius 1 is 1.44 bits per heavy atom. The molecule has 3 rings (SSSR count). The second kappa shape index (κ2) is 5.07. The van der Waals surface area contributed by atoms with Crippen molar-refractivity contribution in [3.05, 3.63) is 18.5 Å². The van der Waals surface area contributed by atoms with Gasteiger partial charge in [-0.25, -0.2) is 0 Å². The molecule has 2 fully saturated rings. The molecule has 0 N–H and O–H groups in total. The van der Waals surface area contributed by atoms with Crippen LogP contribution in [-0.2, 0) is 20.8 Å². The van der Waals surface area contributed by atoms with E-state index >= 15 is 0 Å². The van der Waals surface area contributed by atoms with Crippen molar-refractivity contribution < 1.29 is 14.3 Å². The lowest BCUT2D eigenvalue weighted by Gasteiger charge is -2.35. The fourth-order valence-electron chi connectivity index (χ4n) is 2.57. The Hall–Kier alpha value is -1.40. The van der Waals surface area contributed by atoms with Gasteiger partial charge in [0.15, 0.2) is 0 Å². The second-order valence-electron chi connectivity index (χ2n) is 4.69.